The van der Waals surface area contributed by atoms with Gasteiger partial charge in [-0.3, -0.25) is 4.79 Å². The fourth-order valence-electron chi connectivity index (χ4n) is 1.99. The molecule has 17 heavy (non-hydrogen) atoms. The van der Waals surface area contributed by atoms with Gasteiger partial charge in [-0.15, -0.1) is 0 Å². The first-order valence-electron chi connectivity index (χ1n) is 5.58. The molecule has 0 unspecified atom stereocenters. The second kappa shape index (κ2) is 5.10. The van der Waals surface area contributed by atoms with Crippen molar-refractivity contribution in [2.24, 2.45) is 0 Å². The average Bonchev–Trinajstić information content (AvgIpc) is 2.76. The number of carboxylic acids is 1. The Hall–Kier alpha value is -1.01. The van der Waals surface area contributed by atoms with Gasteiger partial charge in [0.25, 0.3) is 0 Å². The van der Waals surface area contributed by atoms with Gasteiger partial charge in [0.05, 0.1) is 5.75 Å². The Bertz CT molecular complexity index is 399. The zero-order chi connectivity index (χ0) is 12.3. The second-order valence-corrected chi connectivity index (χ2v) is 5.31. The number of hydrogen-bond donors (Lipinski definition) is 1. The topological polar surface area (TPSA) is 64.4 Å². The van der Waals surface area contributed by atoms with E-state index in [0.29, 0.717) is 0 Å². The van der Waals surface area contributed by atoms with Gasteiger partial charge in [-0.25, -0.2) is 4.98 Å². The average molecular weight is 256 g/mol. The van der Waals surface area contributed by atoms with Crippen LogP contribution in [0, 0.1) is 0 Å². The summed E-state index contributed by atoms with van der Waals surface area (Å²) in [6.45, 7) is 3.66. The maximum Gasteiger partial charge on any atom is 0.313 e. The molecule has 2 heterocycles. The number of nitrogens with zero attached hydrogens (tertiary/aromatic N) is 2. The molecule has 5 nitrogen and oxygen atoms in total. The molecular weight excluding hydrogens is 240 g/mol. The van der Waals surface area contributed by atoms with E-state index in [0.717, 1.165) is 31.2 Å². The number of aliphatic carboxylic acids is 1. The summed E-state index contributed by atoms with van der Waals surface area (Å²) in [5.74, 6) is -0.773. The third kappa shape index (κ3) is 2.81. The summed E-state index contributed by atoms with van der Waals surface area (Å²) >= 11 is 1.27. The van der Waals surface area contributed by atoms with Gasteiger partial charge in [-0.05, 0) is 19.8 Å². The maximum absolute atomic E-state index is 10.6. The molecule has 0 saturated carbocycles. The summed E-state index contributed by atoms with van der Waals surface area (Å²) in [4.78, 5) is 14.8. The van der Waals surface area contributed by atoms with Gasteiger partial charge in [-0.2, -0.15) is 0 Å². The molecule has 6 heteroatoms. The van der Waals surface area contributed by atoms with E-state index in [9.17, 15) is 4.79 Å². The highest BCUT2D eigenvalue weighted by molar-refractivity contribution is 7.99. The summed E-state index contributed by atoms with van der Waals surface area (Å²) < 4.78 is 7.45. The highest BCUT2D eigenvalue weighted by atomic mass is 32.2. The van der Waals surface area contributed by atoms with Crippen molar-refractivity contribution in [3.05, 3.63) is 12.4 Å². The molecule has 0 atom stereocenters. The van der Waals surface area contributed by atoms with E-state index in [4.69, 9.17) is 9.84 Å². The van der Waals surface area contributed by atoms with Gasteiger partial charge in [0.2, 0.25) is 0 Å². The van der Waals surface area contributed by atoms with Gasteiger partial charge in [-0.1, -0.05) is 11.8 Å². The van der Waals surface area contributed by atoms with E-state index in [2.05, 4.69) is 16.5 Å². The van der Waals surface area contributed by atoms with Gasteiger partial charge in [0.15, 0.2) is 5.16 Å². The lowest BCUT2D eigenvalue weighted by molar-refractivity contribution is -0.133. The van der Waals surface area contributed by atoms with E-state index in [1.165, 1.54) is 11.8 Å². The van der Waals surface area contributed by atoms with Crippen LogP contribution in [0.15, 0.2) is 17.6 Å². The van der Waals surface area contributed by atoms with Crippen LogP contribution in [0.1, 0.15) is 19.8 Å². The van der Waals surface area contributed by atoms with Crippen LogP contribution in [-0.4, -0.2) is 39.6 Å². The standard InChI is InChI=1S/C11H16N2O3S/c1-11(2-6-16-7-3-11)13-5-4-12-10(13)17-8-9(14)15/h4-5H,2-3,6-8H2,1H3,(H,14,15). The Morgan fingerprint density at radius 1 is 1.65 bits per heavy atom. The Morgan fingerprint density at radius 3 is 3.00 bits per heavy atom. The van der Waals surface area contributed by atoms with Gasteiger partial charge < -0.3 is 14.4 Å². The molecule has 1 aliphatic rings. The number of carbonyl (C=O) groups is 1. The first kappa shape index (κ1) is 12.4. The van der Waals surface area contributed by atoms with Crippen LogP contribution in [0.25, 0.3) is 0 Å². The molecule has 2 rings (SSSR count). The number of carboxylic acid groups (broad SMARTS) is 1. The van der Waals surface area contributed by atoms with Crippen LogP contribution in [0.4, 0.5) is 0 Å². The van der Waals surface area contributed by atoms with E-state index in [1.807, 2.05) is 6.20 Å². The van der Waals surface area contributed by atoms with Crippen molar-refractivity contribution < 1.29 is 14.6 Å². The fourth-order valence-corrected chi connectivity index (χ4v) is 2.79. The van der Waals surface area contributed by atoms with Crippen LogP contribution in [0.3, 0.4) is 0 Å². The van der Waals surface area contributed by atoms with Crippen molar-refractivity contribution in [3.8, 4) is 0 Å². The zero-order valence-electron chi connectivity index (χ0n) is 9.76. The fraction of sp³-hybridized carbons (Fsp3) is 0.636. The van der Waals surface area contributed by atoms with Crippen molar-refractivity contribution in [3.63, 3.8) is 0 Å². The van der Waals surface area contributed by atoms with Crippen LogP contribution >= 0.6 is 11.8 Å². The predicted octanol–water partition coefficient (Wildman–Crippen LogP) is 1.59. The number of thioether (sulfide) groups is 1. The van der Waals surface area contributed by atoms with Crippen molar-refractivity contribution in [2.75, 3.05) is 19.0 Å². The molecule has 1 fully saturated rings. The Labute approximate surface area is 104 Å². The third-order valence-electron chi connectivity index (χ3n) is 3.08. The molecule has 1 saturated heterocycles. The number of aromatic nitrogens is 2. The summed E-state index contributed by atoms with van der Waals surface area (Å²) in [5, 5.41) is 9.47. The summed E-state index contributed by atoms with van der Waals surface area (Å²) in [7, 11) is 0. The Balaban J connectivity index is 2.14. The van der Waals surface area contributed by atoms with Gasteiger partial charge in [0, 0.05) is 31.1 Å². The van der Waals surface area contributed by atoms with Crippen molar-refractivity contribution in [1.29, 1.82) is 0 Å². The zero-order valence-corrected chi connectivity index (χ0v) is 10.6. The van der Waals surface area contributed by atoms with Crippen molar-refractivity contribution in [1.82, 2.24) is 9.55 Å². The molecule has 0 spiro atoms. The van der Waals surface area contributed by atoms with Gasteiger partial charge >= 0.3 is 5.97 Å². The Kier molecular flexibility index (Phi) is 3.73. The second-order valence-electron chi connectivity index (χ2n) is 4.37. The van der Waals surface area contributed by atoms with E-state index >= 15 is 0 Å². The molecule has 0 aromatic carbocycles. The molecule has 0 aliphatic carbocycles. The number of ether oxygens (including phenoxy) is 1. The molecule has 0 radical (unpaired) electrons. The van der Waals surface area contributed by atoms with Crippen LogP contribution in [0.5, 0.6) is 0 Å². The largest absolute Gasteiger partial charge is 0.481 e. The van der Waals surface area contributed by atoms with E-state index in [-0.39, 0.29) is 11.3 Å². The minimum absolute atomic E-state index is 0.00438. The highest BCUT2D eigenvalue weighted by Crippen LogP contribution is 2.32. The van der Waals surface area contributed by atoms with E-state index < -0.39 is 5.97 Å². The minimum Gasteiger partial charge on any atom is -0.481 e. The van der Waals surface area contributed by atoms with E-state index in [1.54, 1.807) is 6.20 Å². The molecule has 1 aromatic heterocycles. The summed E-state index contributed by atoms with van der Waals surface area (Å²) in [6, 6.07) is 0. The van der Waals surface area contributed by atoms with Crippen LogP contribution in [-0.2, 0) is 15.1 Å². The molecule has 0 amide bonds. The first-order valence-corrected chi connectivity index (χ1v) is 6.56. The SMILES string of the molecule is CC1(n2ccnc2SCC(=O)O)CCOCC1. The predicted molar refractivity (Wildman–Crippen MR) is 64.3 cm³/mol. The normalized spacial score (nSPS) is 19.1. The van der Waals surface area contributed by atoms with Crippen molar-refractivity contribution >= 4 is 17.7 Å². The lowest BCUT2D eigenvalue weighted by Crippen LogP contribution is -2.36. The maximum atomic E-state index is 10.6. The Morgan fingerprint density at radius 2 is 2.35 bits per heavy atom. The lowest BCUT2D eigenvalue weighted by Gasteiger charge is -2.35. The number of imidazole rings is 1. The molecule has 1 aromatic rings. The lowest BCUT2D eigenvalue weighted by atomic mass is 9.92. The minimum atomic E-state index is -0.818. The molecule has 94 valence electrons. The smallest absolute Gasteiger partial charge is 0.313 e. The molecule has 0 bridgehead atoms. The van der Waals surface area contributed by atoms with Gasteiger partial charge in [0.1, 0.15) is 0 Å². The summed E-state index contributed by atoms with van der Waals surface area (Å²) in [6.07, 6.45) is 5.52. The quantitative estimate of drug-likeness (QED) is 0.829. The molecule has 1 aliphatic heterocycles. The summed E-state index contributed by atoms with van der Waals surface area (Å²) in [5.41, 5.74) is -0.00438. The third-order valence-corrected chi connectivity index (χ3v) is 4.03. The van der Waals surface area contributed by atoms with Crippen LogP contribution < -0.4 is 0 Å². The van der Waals surface area contributed by atoms with Crippen LogP contribution in [0.2, 0.25) is 0 Å². The number of rotatable bonds is 4. The first-order chi connectivity index (χ1) is 8.12. The number of hydrogen-bond acceptors (Lipinski definition) is 4. The molecule has 1 N–H and O–H groups in total. The van der Waals surface area contributed by atoms with Crippen molar-refractivity contribution in [2.45, 2.75) is 30.5 Å². The monoisotopic (exact) mass is 256 g/mol. The highest BCUT2D eigenvalue weighted by Gasteiger charge is 2.30. The molecular formula is C11H16N2O3S.